The van der Waals surface area contributed by atoms with Crippen LogP contribution < -0.4 is 5.32 Å². The number of nitrogens with zero attached hydrogens (tertiary/aromatic N) is 2. The molecule has 0 spiro atoms. The number of hydrogen-bond acceptors (Lipinski definition) is 2. The number of fused-ring (bicyclic) bond motifs is 1. The fourth-order valence-electron chi connectivity index (χ4n) is 3.44. The Labute approximate surface area is 151 Å². The number of halogens is 1. The average Bonchev–Trinajstić information content (AvgIpc) is 3.26. The first-order chi connectivity index (χ1) is 12.2. The first-order valence-electron chi connectivity index (χ1n) is 8.70. The molecule has 1 N–H and O–H groups in total. The van der Waals surface area contributed by atoms with E-state index in [9.17, 15) is 4.79 Å². The lowest BCUT2D eigenvalue weighted by Gasteiger charge is -2.12. The maximum atomic E-state index is 12.5. The van der Waals surface area contributed by atoms with Crippen molar-refractivity contribution in [3.63, 3.8) is 0 Å². The highest BCUT2D eigenvalue weighted by molar-refractivity contribution is 6.30. The van der Waals surface area contributed by atoms with Crippen LogP contribution in [0.5, 0.6) is 0 Å². The van der Waals surface area contributed by atoms with E-state index < -0.39 is 0 Å². The summed E-state index contributed by atoms with van der Waals surface area (Å²) in [6.45, 7) is 0.647. The molecule has 1 fully saturated rings. The van der Waals surface area contributed by atoms with Crippen molar-refractivity contribution >= 4 is 28.4 Å². The number of carbonyl (C=O) groups excluding carboxylic acids is 1. The van der Waals surface area contributed by atoms with Gasteiger partial charge in [-0.25, -0.2) is 0 Å². The van der Waals surface area contributed by atoms with Crippen molar-refractivity contribution in [3.05, 3.63) is 64.8 Å². The van der Waals surface area contributed by atoms with Gasteiger partial charge in [-0.15, -0.1) is 0 Å². The van der Waals surface area contributed by atoms with E-state index >= 15 is 0 Å². The number of aromatic nitrogens is 2. The van der Waals surface area contributed by atoms with Gasteiger partial charge in [0.15, 0.2) is 0 Å². The van der Waals surface area contributed by atoms with Crippen molar-refractivity contribution in [2.75, 3.05) is 0 Å². The van der Waals surface area contributed by atoms with E-state index in [4.69, 9.17) is 11.6 Å². The molecule has 3 aromatic rings. The highest BCUT2D eigenvalue weighted by atomic mass is 35.5. The quantitative estimate of drug-likeness (QED) is 0.755. The standard InChI is InChI=1S/C20H20ClN3O/c21-17-9-5-14(6-10-17)13-24-19-11-15(7-8-16(19)12-22-24)20(25)23-18-3-1-2-4-18/h5-12,18H,1-4,13H2,(H,23,25). The van der Waals surface area contributed by atoms with Crippen molar-refractivity contribution in [1.29, 1.82) is 0 Å². The van der Waals surface area contributed by atoms with Gasteiger partial charge in [0.2, 0.25) is 0 Å². The Morgan fingerprint density at radius 2 is 1.92 bits per heavy atom. The third-order valence-electron chi connectivity index (χ3n) is 4.84. The van der Waals surface area contributed by atoms with Crippen LogP contribution in [-0.4, -0.2) is 21.7 Å². The van der Waals surface area contributed by atoms with Crippen LogP contribution in [0.3, 0.4) is 0 Å². The molecule has 2 aromatic carbocycles. The fraction of sp³-hybridized carbons (Fsp3) is 0.300. The molecule has 128 valence electrons. The zero-order valence-corrected chi connectivity index (χ0v) is 14.7. The maximum Gasteiger partial charge on any atom is 0.251 e. The third-order valence-corrected chi connectivity index (χ3v) is 5.09. The summed E-state index contributed by atoms with van der Waals surface area (Å²) in [5.74, 6) is 0.00745. The molecule has 4 rings (SSSR count). The smallest absolute Gasteiger partial charge is 0.251 e. The highest BCUT2D eigenvalue weighted by Crippen LogP contribution is 2.20. The zero-order chi connectivity index (χ0) is 17.2. The molecule has 1 saturated carbocycles. The molecular weight excluding hydrogens is 334 g/mol. The molecule has 0 unspecified atom stereocenters. The van der Waals surface area contributed by atoms with Crippen LogP contribution in [0.15, 0.2) is 48.7 Å². The van der Waals surface area contributed by atoms with Gasteiger partial charge in [0, 0.05) is 22.0 Å². The van der Waals surface area contributed by atoms with Crippen LogP contribution in [0.1, 0.15) is 41.6 Å². The van der Waals surface area contributed by atoms with Crippen LogP contribution >= 0.6 is 11.6 Å². The topological polar surface area (TPSA) is 46.9 Å². The van der Waals surface area contributed by atoms with E-state index in [0.29, 0.717) is 18.2 Å². The van der Waals surface area contributed by atoms with E-state index in [1.54, 1.807) is 0 Å². The van der Waals surface area contributed by atoms with Gasteiger partial charge in [-0.05, 0) is 42.7 Å². The predicted molar refractivity (Wildman–Crippen MR) is 100 cm³/mol. The van der Waals surface area contributed by atoms with Crippen LogP contribution in [0.2, 0.25) is 5.02 Å². The number of nitrogens with one attached hydrogen (secondary N) is 1. The molecule has 0 radical (unpaired) electrons. The van der Waals surface area contributed by atoms with Gasteiger partial charge >= 0.3 is 0 Å². The first kappa shape index (κ1) is 16.2. The van der Waals surface area contributed by atoms with Gasteiger partial charge in [0.1, 0.15) is 0 Å². The number of amides is 1. The largest absolute Gasteiger partial charge is 0.349 e. The van der Waals surface area contributed by atoms with E-state index in [-0.39, 0.29) is 5.91 Å². The Hall–Kier alpha value is -2.33. The molecular formula is C20H20ClN3O. The van der Waals surface area contributed by atoms with Gasteiger partial charge in [0.25, 0.3) is 5.91 Å². The number of benzene rings is 2. The van der Waals surface area contributed by atoms with E-state index in [1.165, 1.54) is 12.8 Å². The third kappa shape index (κ3) is 3.54. The lowest BCUT2D eigenvalue weighted by Crippen LogP contribution is -2.32. The molecule has 4 nitrogen and oxygen atoms in total. The minimum Gasteiger partial charge on any atom is -0.349 e. The molecule has 0 saturated heterocycles. The fourth-order valence-corrected chi connectivity index (χ4v) is 3.57. The number of carbonyl (C=O) groups is 1. The Bertz CT molecular complexity index is 895. The number of hydrogen-bond donors (Lipinski definition) is 1. The first-order valence-corrected chi connectivity index (χ1v) is 9.08. The molecule has 1 aliphatic rings. The summed E-state index contributed by atoms with van der Waals surface area (Å²) in [7, 11) is 0. The molecule has 0 atom stereocenters. The van der Waals surface area contributed by atoms with Gasteiger partial charge in [-0.1, -0.05) is 42.6 Å². The zero-order valence-electron chi connectivity index (χ0n) is 13.9. The van der Waals surface area contributed by atoms with Crippen molar-refractivity contribution in [2.24, 2.45) is 0 Å². The summed E-state index contributed by atoms with van der Waals surface area (Å²) in [5.41, 5.74) is 2.78. The van der Waals surface area contributed by atoms with E-state index in [1.807, 2.05) is 53.3 Å². The summed E-state index contributed by atoms with van der Waals surface area (Å²) in [5, 5.41) is 9.37. The Kier molecular flexibility index (Phi) is 4.45. The summed E-state index contributed by atoms with van der Waals surface area (Å²) in [6.07, 6.45) is 6.42. The van der Waals surface area contributed by atoms with Gasteiger partial charge < -0.3 is 5.32 Å². The maximum absolute atomic E-state index is 12.5. The lowest BCUT2D eigenvalue weighted by atomic mass is 10.1. The SMILES string of the molecule is O=C(NC1CCCC1)c1ccc2cnn(Cc3ccc(Cl)cc3)c2c1. The van der Waals surface area contributed by atoms with Crippen LogP contribution in [0.4, 0.5) is 0 Å². The Balaban J connectivity index is 1.58. The normalized spacial score (nSPS) is 14.9. The Morgan fingerprint density at radius 1 is 1.16 bits per heavy atom. The second-order valence-electron chi connectivity index (χ2n) is 6.66. The molecule has 1 heterocycles. The molecule has 1 aromatic heterocycles. The van der Waals surface area contributed by atoms with E-state index in [0.717, 1.165) is 34.3 Å². The molecule has 0 aliphatic heterocycles. The Morgan fingerprint density at radius 3 is 2.68 bits per heavy atom. The molecule has 5 heteroatoms. The summed E-state index contributed by atoms with van der Waals surface area (Å²) >= 11 is 5.95. The van der Waals surface area contributed by atoms with Crippen molar-refractivity contribution in [1.82, 2.24) is 15.1 Å². The van der Waals surface area contributed by atoms with Crippen LogP contribution in [0, 0.1) is 0 Å². The second-order valence-corrected chi connectivity index (χ2v) is 7.09. The van der Waals surface area contributed by atoms with Gasteiger partial charge in [0.05, 0.1) is 18.3 Å². The van der Waals surface area contributed by atoms with Crippen LogP contribution in [0.25, 0.3) is 10.9 Å². The van der Waals surface area contributed by atoms with Gasteiger partial charge in [-0.3, -0.25) is 9.48 Å². The summed E-state index contributed by atoms with van der Waals surface area (Å²) < 4.78 is 1.92. The lowest BCUT2D eigenvalue weighted by molar-refractivity contribution is 0.0938. The molecule has 1 amide bonds. The number of rotatable bonds is 4. The van der Waals surface area contributed by atoms with Crippen molar-refractivity contribution in [2.45, 2.75) is 38.3 Å². The van der Waals surface area contributed by atoms with Gasteiger partial charge in [-0.2, -0.15) is 5.10 Å². The molecule has 1 aliphatic carbocycles. The minimum absolute atomic E-state index is 0.00745. The summed E-state index contributed by atoms with van der Waals surface area (Å²) in [4.78, 5) is 12.5. The minimum atomic E-state index is 0.00745. The van der Waals surface area contributed by atoms with E-state index in [2.05, 4.69) is 10.4 Å². The monoisotopic (exact) mass is 353 g/mol. The van der Waals surface area contributed by atoms with Crippen molar-refractivity contribution in [3.8, 4) is 0 Å². The highest BCUT2D eigenvalue weighted by Gasteiger charge is 2.18. The summed E-state index contributed by atoms with van der Waals surface area (Å²) in [6, 6.07) is 13.8. The van der Waals surface area contributed by atoms with Crippen molar-refractivity contribution < 1.29 is 4.79 Å². The second kappa shape index (κ2) is 6.89. The van der Waals surface area contributed by atoms with Crippen LogP contribution in [-0.2, 0) is 6.54 Å². The average molecular weight is 354 g/mol. The molecule has 0 bridgehead atoms. The predicted octanol–water partition coefficient (Wildman–Crippen LogP) is 4.41. The molecule has 25 heavy (non-hydrogen) atoms.